The van der Waals surface area contributed by atoms with Crippen molar-refractivity contribution in [1.29, 1.82) is 0 Å². The van der Waals surface area contributed by atoms with Crippen LogP contribution in [0.2, 0.25) is 0 Å². The number of hydrogen-bond donors (Lipinski definition) is 1. The maximum Gasteiger partial charge on any atom is 0.149 e. The number of benzene rings is 1. The first-order valence-corrected chi connectivity index (χ1v) is 8.05. The van der Waals surface area contributed by atoms with Crippen LogP contribution in [-0.4, -0.2) is 35.0 Å². The molecule has 2 heterocycles. The molecule has 0 amide bonds. The van der Waals surface area contributed by atoms with Crippen molar-refractivity contribution in [3.63, 3.8) is 0 Å². The van der Waals surface area contributed by atoms with Crippen LogP contribution >= 0.6 is 0 Å². The van der Waals surface area contributed by atoms with Gasteiger partial charge in [0.2, 0.25) is 0 Å². The molecule has 1 aliphatic heterocycles. The third-order valence-corrected chi connectivity index (χ3v) is 4.31. The van der Waals surface area contributed by atoms with Crippen LogP contribution in [-0.2, 0) is 6.54 Å². The van der Waals surface area contributed by atoms with Crippen LogP contribution < -0.4 is 10.2 Å². The molecule has 1 fully saturated rings. The van der Waals surface area contributed by atoms with E-state index in [1.165, 1.54) is 12.1 Å². The molecule has 6 heteroatoms. The second-order valence-electron chi connectivity index (χ2n) is 6.15. The fraction of sp³-hybridized carbons (Fsp3) is 0.471. The van der Waals surface area contributed by atoms with E-state index in [2.05, 4.69) is 17.3 Å². The standard InChI is InChI=1S/C17H22F2N4/c1-13(5-10-23-8-2-7-20-23)21-15-6-9-22(12-15)17-4-3-14(18)11-16(17)19/h2-4,7-8,11,13,15,21H,5-6,9-10,12H2,1H3/t13-,15+/m0/s1. The molecule has 0 spiro atoms. The van der Waals surface area contributed by atoms with E-state index in [-0.39, 0.29) is 0 Å². The van der Waals surface area contributed by atoms with Gasteiger partial charge in [0.25, 0.3) is 0 Å². The van der Waals surface area contributed by atoms with Crippen LogP contribution in [0.25, 0.3) is 0 Å². The van der Waals surface area contributed by atoms with E-state index in [1.54, 1.807) is 6.20 Å². The molecule has 0 saturated carbocycles. The molecule has 1 N–H and O–H groups in total. The summed E-state index contributed by atoms with van der Waals surface area (Å²) in [6.07, 6.45) is 5.69. The van der Waals surface area contributed by atoms with Gasteiger partial charge in [0.15, 0.2) is 0 Å². The Bertz CT molecular complexity index is 630. The van der Waals surface area contributed by atoms with E-state index < -0.39 is 11.6 Å². The zero-order valence-electron chi connectivity index (χ0n) is 13.3. The van der Waals surface area contributed by atoms with Crippen LogP contribution in [0.5, 0.6) is 0 Å². The van der Waals surface area contributed by atoms with Gasteiger partial charge in [0, 0.05) is 50.2 Å². The highest BCUT2D eigenvalue weighted by atomic mass is 19.1. The van der Waals surface area contributed by atoms with Crippen molar-refractivity contribution in [3.05, 3.63) is 48.3 Å². The third kappa shape index (κ3) is 4.07. The molecule has 2 atom stereocenters. The molecule has 0 radical (unpaired) electrons. The van der Waals surface area contributed by atoms with Crippen LogP contribution in [0.1, 0.15) is 19.8 Å². The smallest absolute Gasteiger partial charge is 0.149 e. The van der Waals surface area contributed by atoms with Crippen LogP contribution in [0.15, 0.2) is 36.7 Å². The minimum Gasteiger partial charge on any atom is -0.368 e. The lowest BCUT2D eigenvalue weighted by molar-refractivity contribution is 0.415. The maximum absolute atomic E-state index is 13.9. The molecule has 3 rings (SSSR count). The van der Waals surface area contributed by atoms with Gasteiger partial charge in [-0.1, -0.05) is 0 Å². The Morgan fingerprint density at radius 1 is 1.39 bits per heavy atom. The highest BCUT2D eigenvalue weighted by Crippen LogP contribution is 2.24. The van der Waals surface area contributed by atoms with Crippen LogP contribution in [0.3, 0.4) is 0 Å². The van der Waals surface area contributed by atoms with Crippen LogP contribution in [0, 0.1) is 11.6 Å². The first kappa shape index (κ1) is 15.9. The molecular weight excluding hydrogens is 298 g/mol. The molecule has 1 aliphatic rings. The summed E-state index contributed by atoms with van der Waals surface area (Å²) >= 11 is 0. The highest BCUT2D eigenvalue weighted by Gasteiger charge is 2.25. The van der Waals surface area contributed by atoms with E-state index in [9.17, 15) is 8.78 Å². The van der Waals surface area contributed by atoms with Gasteiger partial charge in [0.1, 0.15) is 11.6 Å². The Kier molecular flexibility index (Phi) is 4.91. The number of rotatable bonds is 6. The zero-order chi connectivity index (χ0) is 16.2. The van der Waals surface area contributed by atoms with Gasteiger partial charge in [-0.15, -0.1) is 0 Å². The number of nitrogens with one attached hydrogen (secondary N) is 1. The average Bonchev–Trinajstić information content (AvgIpc) is 3.17. The molecule has 1 aromatic carbocycles. The number of hydrogen-bond acceptors (Lipinski definition) is 3. The summed E-state index contributed by atoms with van der Waals surface area (Å²) in [5.74, 6) is -1.02. The Hall–Kier alpha value is -1.95. The van der Waals surface area contributed by atoms with Crippen LogP contribution in [0.4, 0.5) is 14.5 Å². The summed E-state index contributed by atoms with van der Waals surface area (Å²) in [4.78, 5) is 1.98. The van der Waals surface area contributed by atoms with Crippen molar-refractivity contribution in [2.45, 2.75) is 38.4 Å². The fourth-order valence-electron chi connectivity index (χ4n) is 3.10. The normalized spacial score (nSPS) is 19.3. The molecule has 23 heavy (non-hydrogen) atoms. The number of aromatic nitrogens is 2. The Balaban J connectivity index is 1.49. The van der Waals surface area contributed by atoms with Gasteiger partial charge in [-0.25, -0.2) is 8.78 Å². The Morgan fingerprint density at radius 3 is 3.00 bits per heavy atom. The fourth-order valence-corrected chi connectivity index (χ4v) is 3.10. The monoisotopic (exact) mass is 320 g/mol. The summed E-state index contributed by atoms with van der Waals surface area (Å²) in [5.41, 5.74) is 0.486. The van der Waals surface area contributed by atoms with Crippen molar-refractivity contribution in [1.82, 2.24) is 15.1 Å². The van der Waals surface area contributed by atoms with Crippen molar-refractivity contribution in [2.24, 2.45) is 0 Å². The predicted molar refractivity (Wildman–Crippen MR) is 86.4 cm³/mol. The first-order valence-electron chi connectivity index (χ1n) is 8.05. The third-order valence-electron chi connectivity index (χ3n) is 4.31. The van der Waals surface area contributed by atoms with E-state index >= 15 is 0 Å². The van der Waals surface area contributed by atoms with Gasteiger partial charge in [-0.2, -0.15) is 5.10 Å². The summed E-state index contributed by atoms with van der Waals surface area (Å²) < 4.78 is 28.8. The van der Waals surface area contributed by atoms with Crippen molar-refractivity contribution in [3.8, 4) is 0 Å². The SMILES string of the molecule is C[C@@H](CCn1cccn1)N[C@@H]1CCN(c2ccc(F)cc2F)C1. The molecule has 0 unspecified atom stereocenters. The molecule has 1 saturated heterocycles. The summed E-state index contributed by atoms with van der Waals surface area (Å²) in [6.45, 7) is 4.57. The lowest BCUT2D eigenvalue weighted by Crippen LogP contribution is -2.39. The molecule has 2 aromatic rings. The van der Waals surface area contributed by atoms with E-state index in [1.807, 2.05) is 21.8 Å². The number of aryl methyl sites for hydroxylation is 1. The zero-order valence-corrected chi connectivity index (χ0v) is 13.3. The molecule has 1 aromatic heterocycles. The second kappa shape index (κ2) is 7.08. The topological polar surface area (TPSA) is 33.1 Å². The van der Waals surface area contributed by atoms with E-state index in [0.717, 1.165) is 38.5 Å². The lowest BCUT2D eigenvalue weighted by Gasteiger charge is -2.22. The Morgan fingerprint density at radius 2 is 2.26 bits per heavy atom. The maximum atomic E-state index is 13.9. The molecule has 4 nitrogen and oxygen atoms in total. The largest absolute Gasteiger partial charge is 0.368 e. The van der Waals surface area contributed by atoms with E-state index in [4.69, 9.17) is 0 Å². The summed E-state index contributed by atoms with van der Waals surface area (Å²) in [6, 6.07) is 6.39. The second-order valence-corrected chi connectivity index (χ2v) is 6.15. The predicted octanol–water partition coefficient (Wildman–Crippen LogP) is 2.81. The Labute approximate surface area is 135 Å². The van der Waals surface area contributed by atoms with Crippen molar-refractivity contribution >= 4 is 5.69 Å². The van der Waals surface area contributed by atoms with Crippen molar-refractivity contribution < 1.29 is 8.78 Å². The first-order chi connectivity index (χ1) is 11.1. The molecule has 0 bridgehead atoms. The minimum atomic E-state index is -0.535. The highest BCUT2D eigenvalue weighted by molar-refractivity contribution is 5.49. The number of halogens is 2. The van der Waals surface area contributed by atoms with Gasteiger partial charge < -0.3 is 10.2 Å². The molecular formula is C17H22F2N4. The average molecular weight is 320 g/mol. The quantitative estimate of drug-likeness (QED) is 0.888. The number of anilines is 1. The van der Waals surface area contributed by atoms with Crippen molar-refractivity contribution in [2.75, 3.05) is 18.0 Å². The van der Waals surface area contributed by atoms with E-state index in [0.29, 0.717) is 17.8 Å². The van der Waals surface area contributed by atoms with Gasteiger partial charge in [-0.3, -0.25) is 4.68 Å². The lowest BCUT2D eigenvalue weighted by atomic mass is 10.2. The molecule has 0 aliphatic carbocycles. The van der Waals surface area contributed by atoms with Gasteiger partial charge in [-0.05, 0) is 38.0 Å². The summed E-state index contributed by atoms with van der Waals surface area (Å²) in [5, 5.41) is 7.79. The number of nitrogens with zero attached hydrogens (tertiary/aromatic N) is 3. The van der Waals surface area contributed by atoms with Gasteiger partial charge >= 0.3 is 0 Å². The summed E-state index contributed by atoms with van der Waals surface area (Å²) in [7, 11) is 0. The minimum absolute atomic E-state index is 0.326. The molecule has 124 valence electrons. The van der Waals surface area contributed by atoms with Gasteiger partial charge in [0.05, 0.1) is 5.69 Å².